The van der Waals surface area contributed by atoms with Gasteiger partial charge in [-0.05, 0) is 66.1 Å². The second-order valence-corrected chi connectivity index (χ2v) is 16.8. The molecule has 1 aliphatic rings. The van der Waals surface area contributed by atoms with Crippen molar-refractivity contribution in [3.05, 3.63) is 90.5 Å². The minimum Gasteiger partial charge on any atom is -0.404 e. The Morgan fingerprint density at radius 3 is 1.75 bits per heavy atom. The first-order valence-corrected chi connectivity index (χ1v) is 16.2. The first-order valence-electron chi connectivity index (χ1n) is 12.9. The van der Waals surface area contributed by atoms with Crippen LogP contribution < -0.4 is 10.4 Å². The van der Waals surface area contributed by atoms with Gasteiger partial charge in [0.05, 0.1) is 11.5 Å². The molecule has 0 atom stereocenters. The van der Waals surface area contributed by atoms with Gasteiger partial charge in [-0.2, -0.15) is 8.42 Å². The van der Waals surface area contributed by atoms with Gasteiger partial charge in [0.25, 0.3) is 18.4 Å². The Bertz CT molecular complexity index is 1170. The number of aryl methyl sites for hydroxylation is 1. The van der Waals surface area contributed by atoms with Crippen molar-refractivity contribution in [2.24, 2.45) is 5.92 Å². The molecule has 0 radical (unpaired) electrons. The highest BCUT2D eigenvalue weighted by Crippen LogP contribution is 2.40. The summed E-state index contributed by atoms with van der Waals surface area (Å²) in [6.07, 6.45) is 3.74. The molecule has 1 aliphatic carbocycles. The molecule has 3 aromatic rings. The van der Waals surface area contributed by atoms with Crippen LogP contribution in [0.15, 0.2) is 89.8 Å². The zero-order valence-corrected chi connectivity index (χ0v) is 23.6. The molecule has 0 saturated heterocycles. The molecule has 3 aromatic carbocycles. The highest BCUT2D eigenvalue weighted by atomic mass is 32.2. The predicted octanol–water partition coefficient (Wildman–Crippen LogP) is 5.84. The van der Waals surface area contributed by atoms with Crippen molar-refractivity contribution in [3.63, 3.8) is 0 Å². The van der Waals surface area contributed by atoms with Crippen molar-refractivity contribution in [2.45, 2.75) is 69.4 Å². The molecule has 0 amide bonds. The third-order valence-electron chi connectivity index (χ3n) is 7.32. The molecule has 0 aliphatic heterocycles. The maximum atomic E-state index is 12.6. The normalized spacial score (nSPS) is 19.2. The molecule has 0 bridgehead atoms. The second-order valence-electron chi connectivity index (χ2n) is 11.0. The molecule has 36 heavy (non-hydrogen) atoms. The van der Waals surface area contributed by atoms with Gasteiger partial charge in [-0.25, -0.2) is 0 Å². The van der Waals surface area contributed by atoms with E-state index in [4.69, 9.17) is 8.61 Å². The van der Waals surface area contributed by atoms with Crippen LogP contribution in [-0.2, 0) is 18.7 Å². The fourth-order valence-corrected chi connectivity index (χ4v) is 11.0. The van der Waals surface area contributed by atoms with Gasteiger partial charge in [-0.1, -0.05) is 99.1 Å². The predicted molar refractivity (Wildman–Crippen MR) is 149 cm³/mol. The smallest absolute Gasteiger partial charge is 0.296 e. The molecule has 4 nitrogen and oxygen atoms in total. The topological polar surface area (TPSA) is 52.6 Å². The molecule has 0 heterocycles. The van der Waals surface area contributed by atoms with E-state index in [0.717, 1.165) is 31.2 Å². The summed E-state index contributed by atoms with van der Waals surface area (Å²) < 4.78 is 38.0. The largest absolute Gasteiger partial charge is 0.404 e. The second kappa shape index (κ2) is 11.0. The quantitative estimate of drug-likeness (QED) is 0.276. The molecule has 192 valence electrons. The maximum Gasteiger partial charge on any atom is 0.296 e. The van der Waals surface area contributed by atoms with Crippen molar-refractivity contribution in [1.29, 1.82) is 0 Å². The van der Waals surface area contributed by atoms with Gasteiger partial charge in [0, 0.05) is 6.10 Å². The van der Waals surface area contributed by atoms with E-state index in [0.29, 0.717) is 0 Å². The van der Waals surface area contributed by atoms with Crippen LogP contribution in [0.25, 0.3) is 0 Å². The van der Waals surface area contributed by atoms with Crippen LogP contribution in [-0.4, -0.2) is 29.4 Å². The molecule has 0 unspecified atom stereocenters. The molecular formula is C30H38O4SSi. The lowest BCUT2D eigenvalue weighted by atomic mass is 9.88. The average molecular weight is 523 g/mol. The molecule has 0 N–H and O–H groups in total. The first kappa shape index (κ1) is 26.8. The summed E-state index contributed by atoms with van der Waals surface area (Å²) in [7, 11) is -6.32. The van der Waals surface area contributed by atoms with Crippen LogP contribution in [0.1, 0.15) is 52.0 Å². The zero-order valence-electron chi connectivity index (χ0n) is 21.8. The Morgan fingerprint density at radius 1 is 0.778 bits per heavy atom. The van der Waals surface area contributed by atoms with Gasteiger partial charge in [0.1, 0.15) is 0 Å². The van der Waals surface area contributed by atoms with E-state index in [-0.39, 0.29) is 28.6 Å². The van der Waals surface area contributed by atoms with Gasteiger partial charge in [-0.15, -0.1) is 0 Å². The van der Waals surface area contributed by atoms with Gasteiger partial charge in [0.2, 0.25) is 0 Å². The van der Waals surface area contributed by atoms with Crippen LogP contribution in [0, 0.1) is 12.8 Å². The minimum atomic E-state index is -3.73. The summed E-state index contributed by atoms with van der Waals surface area (Å²) in [5.41, 5.74) is 1.02. The van der Waals surface area contributed by atoms with E-state index >= 15 is 0 Å². The van der Waals surface area contributed by atoms with Crippen LogP contribution in [0.3, 0.4) is 0 Å². The SMILES string of the molecule is Cc1ccc(S(=O)(=O)OC[C@H]2CC[C@@H](O[Si](c3ccccc3)(c3ccccc3)C(C)(C)C)CC2)cc1. The lowest BCUT2D eigenvalue weighted by Crippen LogP contribution is -2.67. The molecule has 4 rings (SSSR count). The third-order valence-corrected chi connectivity index (χ3v) is 13.7. The number of hydrogen-bond acceptors (Lipinski definition) is 4. The molecule has 0 aromatic heterocycles. The zero-order chi connectivity index (χ0) is 25.8. The van der Waals surface area contributed by atoms with E-state index < -0.39 is 18.4 Å². The summed E-state index contributed by atoms with van der Waals surface area (Å²) >= 11 is 0. The Kier molecular flexibility index (Phi) is 8.20. The summed E-state index contributed by atoms with van der Waals surface area (Å²) in [4.78, 5) is 0.219. The van der Waals surface area contributed by atoms with Gasteiger partial charge in [0.15, 0.2) is 0 Å². The van der Waals surface area contributed by atoms with Crippen molar-refractivity contribution in [3.8, 4) is 0 Å². The van der Waals surface area contributed by atoms with Gasteiger partial charge >= 0.3 is 0 Å². The standard InChI is InChI=1S/C30H38O4SSi/c1-24-15-21-27(22-16-24)35(31,32)33-23-25-17-19-26(20-18-25)34-36(30(2,3)4,28-11-7-5-8-12-28)29-13-9-6-10-14-29/h5-16,21-22,25-26H,17-20,23H2,1-4H3/t25-,26+. The Morgan fingerprint density at radius 2 is 1.28 bits per heavy atom. The average Bonchev–Trinajstić information content (AvgIpc) is 2.87. The molecule has 6 heteroatoms. The van der Waals surface area contributed by atoms with E-state index in [1.165, 1.54) is 10.4 Å². The number of benzene rings is 3. The Hall–Kier alpha value is -2.25. The van der Waals surface area contributed by atoms with Gasteiger partial charge in [-0.3, -0.25) is 4.18 Å². The number of rotatable bonds is 8. The molecule has 1 saturated carbocycles. The van der Waals surface area contributed by atoms with Crippen molar-refractivity contribution >= 4 is 28.8 Å². The first-order chi connectivity index (χ1) is 17.1. The summed E-state index contributed by atoms with van der Waals surface area (Å²) in [5, 5.41) is 2.52. The fraction of sp³-hybridized carbons (Fsp3) is 0.400. The Balaban J connectivity index is 1.47. The van der Waals surface area contributed by atoms with Crippen molar-refractivity contribution in [1.82, 2.24) is 0 Å². The highest BCUT2D eigenvalue weighted by molar-refractivity contribution is 7.86. The van der Waals surface area contributed by atoms with Crippen LogP contribution in [0.2, 0.25) is 5.04 Å². The van der Waals surface area contributed by atoms with E-state index in [9.17, 15) is 8.42 Å². The van der Waals surface area contributed by atoms with Crippen molar-refractivity contribution < 1.29 is 17.0 Å². The van der Waals surface area contributed by atoms with Crippen molar-refractivity contribution in [2.75, 3.05) is 6.61 Å². The van der Waals surface area contributed by atoms with E-state index in [2.05, 4.69) is 81.4 Å². The third kappa shape index (κ3) is 5.83. The van der Waals surface area contributed by atoms with Crippen LogP contribution in [0.4, 0.5) is 0 Å². The minimum absolute atomic E-state index is 0.0578. The lowest BCUT2D eigenvalue weighted by molar-refractivity contribution is 0.103. The summed E-state index contributed by atoms with van der Waals surface area (Å²) in [6.45, 7) is 9.06. The monoisotopic (exact) mass is 522 g/mol. The van der Waals surface area contributed by atoms with E-state index in [1.807, 2.05) is 6.92 Å². The van der Waals surface area contributed by atoms with Crippen LogP contribution >= 0.6 is 0 Å². The van der Waals surface area contributed by atoms with E-state index in [1.54, 1.807) is 24.3 Å². The molecule has 1 fully saturated rings. The van der Waals surface area contributed by atoms with Crippen LogP contribution in [0.5, 0.6) is 0 Å². The summed E-state index contributed by atoms with van der Waals surface area (Å²) in [6, 6.07) is 28.3. The van der Waals surface area contributed by atoms with Gasteiger partial charge < -0.3 is 4.43 Å². The lowest BCUT2D eigenvalue weighted by Gasteiger charge is -2.46. The maximum absolute atomic E-state index is 12.6. The number of hydrogen-bond donors (Lipinski definition) is 0. The highest BCUT2D eigenvalue weighted by Gasteiger charge is 2.51. The summed E-state index contributed by atoms with van der Waals surface area (Å²) in [5.74, 6) is 0.212. The Labute approximate surface area is 217 Å². The molecular weight excluding hydrogens is 484 g/mol. The molecule has 0 spiro atoms. The fourth-order valence-electron chi connectivity index (χ4n) is 5.32.